The van der Waals surface area contributed by atoms with Crippen molar-refractivity contribution >= 4 is 27.6 Å². The molecule has 34 heavy (non-hydrogen) atoms. The molecule has 0 bridgehead atoms. The molecule has 5 aromatic rings. The van der Waals surface area contributed by atoms with Crippen molar-refractivity contribution in [3.8, 4) is 11.1 Å². The molecule has 0 amide bonds. The molecule has 3 aromatic heterocycles. The van der Waals surface area contributed by atoms with E-state index in [1.165, 1.54) is 24.7 Å². The molecule has 2 N–H and O–H groups in total. The van der Waals surface area contributed by atoms with Crippen molar-refractivity contribution < 1.29 is 17.6 Å². The third kappa shape index (κ3) is 3.72. The van der Waals surface area contributed by atoms with Crippen LogP contribution in [0.1, 0.15) is 24.2 Å². The fraction of sp³-hybridized carbons (Fsp3) is 0.160. The lowest BCUT2D eigenvalue weighted by molar-refractivity contribution is 0.383. The first-order valence-electron chi connectivity index (χ1n) is 10.5. The number of alkyl halides is 1. The Balaban J connectivity index is 1.60. The topological polar surface area (TPSA) is 69.6 Å². The molecular formula is C25H19F4N5. The molecular weight excluding hydrogens is 446 g/mol. The average molecular weight is 465 g/mol. The SMILES string of the molecule is CC(CF)n1cc(-c2ccc3cc(Cc4cc(F)cc(F)c4)ncc3c2F)c2c(N)ncnc21. The van der Waals surface area contributed by atoms with Gasteiger partial charge in [0.2, 0.25) is 0 Å². The number of rotatable bonds is 5. The maximum Gasteiger partial charge on any atom is 0.146 e. The number of nitrogen functional groups attached to an aromatic ring is 1. The summed E-state index contributed by atoms with van der Waals surface area (Å²) in [5, 5.41) is 1.29. The van der Waals surface area contributed by atoms with Crippen molar-refractivity contribution in [3.05, 3.63) is 83.8 Å². The minimum atomic E-state index is -0.670. The summed E-state index contributed by atoms with van der Waals surface area (Å²) in [4.78, 5) is 12.5. The second-order valence-electron chi connectivity index (χ2n) is 8.19. The molecule has 2 aromatic carbocycles. The molecule has 0 radical (unpaired) electrons. The Hall–Kier alpha value is -4.01. The van der Waals surface area contributed by atoms with E-state index in [2.05, 4.69) is 15.0 Å². The Morgan fingerprint density at radius 1 is 0.971 bits per heavy atom. The number of hydrogen-bond acceptors (Lipinski definition) is 4. The Labute approximate surface area is 191 Å². The van der Waals surface area contributed by atoms with E-state index in [1.54, 1.807) is 35.9 Å². The summed E-state index contributed by atoms with van der Waals surface area (Å²) >= 11 is 0. The smallest absolute Gasteiger partial charge is 0.146 e. The first-order chi connectivity index (χ1) is 16.4. The van der Waals surface area contributed by atoms with Gasteiger partial charge in [0, 0.05) is 47.1 Å². The number of aromatic nitrogens is 4. The Bertz CT molecular complexity index is 1530. The molecule has 0 aliphatic carbocycles. The van der Waals surface area contributed by atoms with E-state index in [1.807, 2.05) is 0 Å². The van der Waals surface area contributed by atoms with Gasteiger partial charge in [0.1, 0.15) is 41.9 Å². The highest BCUT2D eigenvalue weighted by molar-refractivity contribution is 6.02. The van der Waals surface area contributed by atoms with Crippen molar-refractivity contribution in [1.82, 2.24) is 19.5 Å². The van der Waals surface area contributed by atoms with E-state index < -0.39 is 30.2 Å². The second kappa shape index (κ2) is 8.40. The van der Waals surface area contributed by atoms with Crippen LogP contribution in [0.3, 0.4) is 0 Å². The number of halogens is 4. The summed E-state index contributed by atoms with van der Waals surface area (Å²) in [6.07, 6.45) is 4.50. The molecule has 9 heteroatoms. The normalized spacial score (nSPS) is 12.5. The van der Waals surface area contributed by atoms with Crippen LogP contribution in [-0.4, -0.2) is 26.2 Å². The Kier molecular flexibility index (Phi) is 5.39. The standard InChI is InChI=1S/C25H19F4N5/c1-13(9-26)34-11-21(22-24(30)32-12-33-25(22)34)19-3-2-15-7-18(31-10-20(15)23(19)29)6-14-4-16(27)8-17(28)5-14/h2-5,7-8,10-13H,6,9H2,1H3,(H2,30,32,33). The highest BCUT2D eigenvalue weighted by Gasteiger charge is 2.21. The first-order valence-corrected chi connectivity index (χ1v) is 10.5. The van der Waals surface area contributed by atoms with E-state index in [4.69, 9.17) is 5.73 Å². The Morgan fingerprint density at radius 3 is 2.47 bits per heavy atom. The van der Waals surface area contributed by atoms with Gasteiger partial charge < -0.3 is 10.3 Å². The predicted molar refractivity (Wildman–Crippen MR) is 122 cm³/mol. The summed E-state index contributed by atoms with van der Waals surface area (Å²) in [7, 11) is 0. The molecule has 5 rings (SSSR count). The molecule has 1 unspecified atom stereocenters. The molecule has 172 valence electrons. The van der Waals surface area contributed by atoms with Gasteiger partial charge in [-0.3, -0.25) is 4.98 Å². The maximum absolute atomic E-state index is 15.7. The van der Waals surface area contributed by atoms with Gasteiger partial charge in [0.15, 0.2) is 0 Å². The number of hydrogen-bond donors (Lipinski definition) is 1. The molecule has 1 atom stereocenters. The zero-order valence-electron chi connectivity index (χ0n) is 18.1. The monoisotopic (exact) mass is 465 g/mol. The zero-order chi connectivity index (χ0) is 24.0. The highest BCUT2D eigenvalue weighted by Crippen LogP contribution is 2.37. The predicted octanol–water partition coefficient (Wildman–Crippen LogP) is 5.77. The molecule has 0 spiro atoms. The van der Waals surface area contributed by atoms with Gasteiger partial charge in [-0.2, -0.15) is 0 Å². The molecule has 0 aliphatic heterocycles. The van der Waals surface area contributed by atoms with E-state index in [-0.39, 0.29) is 23.2 Å². The summed E-state index contributed by atoms with van der Waals surface area (Å²) in [6, 6.07) is 7.76. The van der Waals surface area contributed by atoms with Gasteiger partial charge >= 0.3 is 0 Å². The van der Waals surface area contributed by atoms with Gasteiger partial charge in [-0.1, -0.05) is 12.1 Å². The lowest BCUT2D eigenvalue weighted by Gasteiger charge is -2.09. The first kappa shape index (κ1) is 21.8. The second-order valence-corrected chi connectivity index (χ2v) is 8.19. The van der Waals surface area contributed by atoms with Crippen LogP contribution in [0, 0.1) is 17.5 Å². The number of nitrogens with zero attached hydrogens (tertiary/aromatic N) is 4. The van der Waals surface area contributed by atoms with Crippen LogP contribution in [0.15, 0.2) is 55.1 Å². The largest absolute Gasteiger partial charge is 0.383 e. The minimum Gasteiger partial charge on any atom is -0.383 e. The molecule has 0 fully saturated rings. The van der Waals surface area contributed by atoms with Crippen molar-refractivity contribution in [2.24, 2.45) is 0 Å². The third-order valence-electron chi connectivity index (χ3n) is 5.83. The van der Waals surface area contributed by atoms with Crippen LogP contribution in [0.4, 0.5) is 23.4 Å². The quantitative estimate of drug-likeness (QED) is 0.335. The van der Waals surface area contributed by atoms with E-state index in [9.17, 15) is 13.2 Å². The van der Waals surface area contributed by atoms with Crippen LogP contribution in [0.5, 0.6) is 0 Å². The molecule has 0 aliphatic rings. The molecule has 3 heterocycles. The Morgan fingerprint density at radius 2 is 1.74 bits per heavy atom. The van der Waals surface area contributed by atoms with E-state index >= 15 is 4.39 Å². The molecule has 5 nitrogen and oxygen atoms in total. The fourth-order valence-corrected chi connectivity index (χ4v) is 4.18. The average Bonchev–Trinajstić information content (AvgIpc) is 3.19. The van der Waals surface area contributed by atoms with Gasteiger partial charge in [0.05, 0.1) is 11.4 Å². The van der Waals surface area contributed by atoms with Crippen molar-refractivity contribution in [2.45, 2.75) is 19.4 Å². The van der Waals surface area contributed by atoms with Crippen LogP contribution < -0.4 is 5.73 Å². The van der Waals surface area contributed by atoms with Gasteiger partial charge in [-0.15, -0.1) is 0 Å². The third-order valence-corrected chi connectivity index (χ3v) is 5.83. The lowest BCUT2D eigenvalue weighted by Crippen LogP contribution is -2.06. The van der Waals surface area contributed by atoms with Crippen LogP contribution in [-0.2, 0) is 6.42 Å². The zero-order valence-corrected chi connectivity index (χ0v) is 18.1. The summed E-state index contributed by atoms with van der Waals surface area (Å²) in [5.74, 6) is -1.70. The number of anilines is 1. The summed E-state index contributed by atoms with van der Waals surface area (Å²) in [6.45, 7) is 1.06. The van der Waals surface area contributed by atoms with Crippen molar-refractivity contribution in [2.75, 3.05) is 12.4 Å². The number of pyridine rings is 1. The number of benzene rings is 2. The summed E-state index contributed by atoms with van der Waals surface area (Å²) < 4.78 is 57.7. The van der Waals surface area contributed by atoms with Gasteiger partial charge in [-0.05, 0) is 36.1 Å². The van der Waals surface area contributed by atoms with Gasteiger partial charge in [0.25, 0.3) is 0 Å². The number of nitrogens with two attached hydrogens (primary N) is 1. The van der Waals surface area contributed by atoms with Gasteiger partial charge in [-0.25, -0.2) is 27.5 Å². The number of fused-ring (bicyclic) bond motifs is 2. The van der Waals surface area contributed by atoms with Crippen LogP contribution in [0.2, 0.25) is 0 Å². The van der Waals surface area contributed by atoms with Crippen LogP contribution in [0.25, 0.3) is 32.9 Å². The van der Waals surface area contributed by atoms with Crippen LogP contribution >= 0.6 is 0 Å². The highest BCUT2D eigenvalue weighted by atomic mass is 19.1. The minimum absolute atomic E-state index is 0.167. The van der Waals surface area contributed by atoms with E-state index in [0.29, 0.717) is 33.2 Å². The lowest BCUT2D eigenvalue weighted by atomic mass is 10.00. The molecule has 0 saturated carbocycles. The molecule has 0 saturated heterocycles. The maximum atomic E-state index is 15.7. The van der Waals surface area contributed by atoms with E-state index in [0.717, 1.165) is 6.07 Å². The fourth-order valence-electron chi connectivity index (χ4n) is 4.18. The van der Waals surface area contributed by atoms with Crippen molar-refractivity contribution in [3.63, 3.8) is 0 Å². The summed E-state index contributed by atoms with van der Waals surface area (Å²) in [5.41, 5.74) is 8.17. The van der Waals surface area contributed by atoms with Crippen molar-refractivity contribution in [1.29, 1.82) is 0 Å².